The molecule has 2 atom stereocenters. The summed E-state index contributed by atoms with van der Waals surface area (Å²) >= 11 is 0. The topological polar surface area (TPSA) is 101 Å². The number of nitro groups is 1. The molecular formula is C13H18N2O5S. The molecule has 8 heteroatoms. The Labute approximate surface area is 123 Å². The molecule has 0 amide bonds. The Morgan fingerprint density at radius 2 is 1.90 bits per heavy atom. The van der Waals surface area contributed by atoms with Gasteiger partial charge in [-0.25, -0.2) is 8.42 Å². The van der Waals surface area contributed by atoms with Crippen LogP contribution in [-0.2, 0) is 10.0 Å². The SMILES string of the molecule is CN([C@@H]1CCCC[C@H]1O)S(=O)(=O)c1ccccc1[N+](=O)[O-]. The predicted molar refractivity (Wildman–Crippen MR) is 76.3 cm³/mol. The van der Waals surface area contributed by atoms with Crippen molar-refractivity contribution in [2.45, 2.75) is 42.7 Å². The zero-order valence-corrected chi connectivity index (χ0v) is 12.5. The first-order valence-corrected chi connectivity index (χ1v) is 8.19. The van der Waals surface area contributed by atoms with Crippen LogP contribution < -0.4 is 0 Å². The van der Waals surface area contributed by atoms with Crippen LogP contribution in [0.4, 0.5) is 5.69 Å². The van der Waals surface area contributed by atoms with Crippen molar-refractivity contribution in [1.82, 2.24) is 4.31 Å². The smallest absolute Gasteiger partial charge is 0.289 e. The van der Waals surface area contributed by atoms with Gasteiger partial charge in [-0.15, -0.1) is 0 Å². The third-order valence-electron chi connectivity index (χ3n) is 3.88. The summed E-state index contributed by atoms with van der Waals surface area (Å²) in [6.07, 6.45) is 2.05. The van der Waals surface area contributed by atoms with Gasteiger partial charge in [0, 0.05) is 13.1 Å². The highest BCUT2D eigenvalue weighted by atomic mass is 32.2. The Bertz CT molecular complexity index is 631. The molecule has 1 saturated carbocycles. The van der Waals surface area contributed by atoms with Gasteiger partial charge in [-0.3, -0.25) is 10.1 Å². The van der Waals surface area contributed by atoms with Gasteiger partial charge < -0.3 is 5.11 Å². The molecule has 0 radical (unpaired) electrons. The summed E-state index contributed by atoms with van der Waals surface area (Å²) in [5.74, 6) is 0. The molecule has 0 bridgehead atoms. The molecule has 2 rings (SSSR count). The van der Waals surface area contributed by atoms with Crippen LogP contribution in [-0.4, -0.2) is 41.9 Å². The number of nitrogens with zero attached hydrogens (tertiary/aromatic N) is 2. The number of hydrogen-bond acceptors (Lipinski definition) is 5. The highest BCUT2D eigenvalue weighted by molar-refractivity contribution is 7.89. The van der Waals surface area contributed by atoms with Crippen LogP contribution in [0.5, 0.6) is 0 Å². The maximum atomic E-state index is 12.6. The number of aliphatic hydroxyl groups is 1. The fourth-order valence-corrected chi connectivity index (χ4v) is 4.25. The second kappa shape index (κ2) is 6.08. The van der Waals surface area contributed by atoms with Crippen molar-refractivity contribution < 1.29 is 18.4 Å². The van der Waals surface area contributed by atoms with Gasteiger partial charge >= 0.3 is 0 Å². The molecule has 1 aromatic rings. The predicted octanol–water partition coefficient (Wildman–Crippen LogP) is 1.52. The second-order valence-electron chi connectivity index (χ2n) is 5.17. The zero-order chi connectivity index (χ0) is 15.6. The van der Waals surface area contributed by atoms with E-state index in [1.807, 2.05) is 0 Å². The van der Waals surface area contributed by atoms with Gasteiger partial charge in [-0.05, 0) is 18.9 Å². The maximum Gasteiger partial charge on any atom is 0.289 e. The van der Waals surface area contributed by atoms with Crippen LogP contribution in [0.25, 0.3) is 0 Å². The Kier molecular flexibility index (Phi) is 4.60. The lowest BCUT2D eigenvalue weighted by Crippen LogP contribution is -2.46. The lowest BCUT2D eigenvalue weighted by molar-refractivity contribution is -0.387. The van der Waals surface area contributed by atoms with Crippen LogP contribution in [0, 0.1) is 10.1 Å². The summed E-state index contributed by atoms with van der Waals surface area (Å²) in [5, 5.41) is 21.0. The third-order valence-corrected chi connectivity index (χ3v) is 5.81. The number of aliphatic hydroxyl groups excluding tert-OH is 1. The average molecular weight is 314 g/mol. The van der Waals surface area contributed by atoms with Gasteiger partial charge in [-0.1, -0.05) is 25.0 Å². The fourth-order valence-electron chi connectivity index (χ4n) is 2.68. The molecule has 0 heterocycles. The summed E-state index contributed by atoms with van der Waals surface area (Å²) in [7, 11) is -2.65. The van der Waals surface area contributed by atoms with E-state index in [0.717, 1.165) is 23.2 Å². The van der Waals surface area contributed by atoms with Crippen LogP contribution >= 0.6 is 0 Å². The molecule has 0 aliphatic heterocycles. The molecule has 1 aliphatic rings. The van der Waals surface area contributed by atoms with Crippen molar-refractivity contribution in [3.05, 3.63) is 34.4 Å². The first kappa shape index (κ1) is 15.9. The largest absolute Gasteiger partial charge is 0.391 e. The molecule has 1 aliphatic carbocycles. The van der Waals surface area contributed by atoms with Crippen LogP contribution in [0.2, 0.25) is 0 Å². The fraction of sp³-hybridized carbons (Fsp3) is 0.538. The van der Waals surface area contributed by atoms with Gasteiger partial charge in [0.15, 0.2) is 4.90 Å². The van der Waals surface area contributed by atoms with Crippen molar-refractivity contribution in [3.8, 4) is 0 Å². The van der Waals surface area contributed by atoms with Crippen molar-refractivity contribution in [3.63, 3.8) is 0 Å². The number of hydrogen-bond donors (Lipinski definition) is 1. The number of para-hydroxylation sites is 1. The van der Waals surface area contributed by atoms with Gasteiger partial charge in [0.1, 0.15) is 0 Å². The second-order valence-corrected chi connectivity index (χ2v) is 7.13. The summed E-state index contributed by atoms with van der Waals surface area (Å²) in [6.45, 7) is 0. The van der Waals surface area contributed by atoms with Gasteiger partial charge in [0.2, 0.25) is 10.0 Å². The van der Waals surface area contributed by atoms with Crippen molar-refractivity contribution in [2.24, 2.45) is 0 Å². The number of sulfonamides is 1. The average Bonchev–Trinajstić information content (AvgIpc) is 2.47. The van der Waals surface area contributed by atoms with E-state index >= 15 is 0 Å². The van der Waals surface area contributed by atoms with Crippen LogP contribution in [0.15, 0.2) is 29.2 Å². The lowest BCUT2D eigenvalue weighted by atomic mass is 9.93. The van der Waals surface area contributed by atoms with Crippen molar-refractivity contribution in [2.75, 3.05) is 7.05 Å². The standard InChI is InChI=1S/C13H18N2O5S/c1-14(10-6-2-4-8-12(10)16)21(19,20)13-9-5-3-7-11(13)15(17)18/h3,5,7,9-10,12,16H,2,4,6,8H2,1H3/t10-,12-/m1/s1. The van der Waals surface area contributed by atoms with Gasteiger partial charge in [-0.2, -0.15) is 4.31 Å². The van der Waals surface area contributed by atoms with E-state index in [1.165, 1.54) is 25.2 Å². The first-order valence-electron chi connectivity index (χ1n) is 6.75. The molecule has 1 aromatic carbocycles. The van der Waals surface area contributed by atoms with E-state index in [2.05, 4.69) is 0 Å². The van der Waals surface area contributed by atoms with Crippen molar-refractivity contribution >= 4 is 15.7 Å². The molecule has 21 heavy (non-hydrogen) atoms. The minimum atomic E-state index is -4.02. The molecule has 116 valence electrons. The van der Waals surface area contributed by atoms with Gasteiger partial charge in [0.05, 0.1) is 17.1 Å². The molecular weight excluding hydrogens is 296 g/mol. The Morgan fingerprint density at radius 3 is 2.52 bits per heavy atom. The van der Waals surface area contributed by atoms with E-state index in [4.69, 9.17) is 0 Å². The lowest BCUT2D eigenvalue weighted by Gasteiger charge is -2.34. The highest BCUT2D eigenvalue weighted by Gasteiger charge is 2.37. The molecule has 0 saturated heterocycles. The summed E-state index contributed by atoms with van der Waals surface area (Å²) < 4.78 is 26.3. The Balaban J connectivity index is 2.40. The third kappa shape index (κ3) is 3.07. The summed E-state index contributed by atoms with van der Waals surface area (Å²) in [6, 6.07) is 4.72. The normalized spacial score (nSPS) is 23.2. The molecule has 0 unspecified atom stereocenters. The summed E-state index contributed by atoms with van der Waals surface area (Å²) in [4.78, 5) is 9.96. The van der Waals surface area contributed by atoms with E-state index in [9.17, 15) is 23.6 Å². The maximum absolute atomic E-state index is 12.6. The monoisotopic (exact) mass is 314 g/mol. The molecule has 0 aromatic heterocycles. The zero-order valence-electron chi connectivity index (χ0n) is 11.7. The van der Waals surface area contributed by atoms with Gasteiger partial charge in [0.25, 0.3) is 5.69 Å². The van der Waals surface area contributed by atoms with E-state index in [1.54, 1.807) is 0 Å². The first-order chi connectivity index (χ1) is 9.85. The molecule has 1 N–H and O–H groups in total. The van der Waals surface area contributed by atoms with E-state index in [0.29, 0.717) is 12.8 Å². The number of rotatable bonds is 4. The highest BCUT2D eigenvalue weighted by Crippen LogP contribution is 2.30. The molecule has 7 nitrogen and oxygen atoms in total. The molecule has 1 fully saturated rings. The number of likely N-dealkylation sites (N-methyl/N-ethyl adjacent to an activating group) is 1. The van der Waals surface area contributed by atoms with E-state index < -0.39 is 32.8 Å². The molecule has 0 spiro atoms. The van der Waals surface area contributed by atoms with Crippen LogP contribution in [0.3, 0.4) is 0 Å². The van der Waals surface area contributed by atoms with Crippen molar-refractivity contribution in [1.29, 1.82) is 0 Å². The minimum absolute atomic E-state index is 0.338. The summed E-state index contributed by atoms with van der Waals surface area (Å²) in [5.41, 5.74) is -0.449. The number of benzene rings is 1. The minimum Gasteiger partial charge on any atom is -0.391 e. The Hall–Kier alpha value is -1.51. The Morgan fingerprint density at radius 1 is 1.29 bits per heavy atom. The quantitative estimate of drug-likeness (QED) is 0.670. The van der Waals surface area contributed by atoms with E-state index in [-0.39, 0.29) is 4.90 Å². The van der Waals surface area contributed by atoms with Crippen LogP contribution in [0.1, 0.15) is 25.7 Å². The number of nitro benzene ring substituents is 1.